The van der Waals surface area contributed by atoms with Crippen molar-refractivity contribution in [3.8, 4) is 0 Å². The van der Waals surface area contributed by atoms with E-state index in [0.717, 1.165) is 22.8 Å². The van der Waals surface area contributed by atoms with Crippen molar-refractivity contribution >= 4 is 11.7 Å². The third-order valence-electron chi connectivity index (χ3n) is 3.95. The molecule has 2 aromatic carbocycles. The zero-order chi connectivity index (χ0) is 17.5. The number of aliphatic imine (C=N–C) groups is 1. The topological polar surface area (TPSA) is 44.7 Å². The first-order valence-electron chi connectivity index (χ1n) is 7.84. The zero-order valence-electron chi connectivity index (χ0n) is 14.6. The number of nitrogens with zero attached hydrogens (tertiary/aromatic N) is 2. The Kier molecular flexibility index (Phi) is 5.90. The van der Waals surface area contributed by atoms with Gasteiger partial charge in [-0.15, -0.1) is 0 Å². The fraction of sp³-hybridized carbons (Fsp3) is 0.200. The number of carbonyl (C=O) groups excluding carboxylic acids is 1. The maximum Gasteiger partial charge on any atom is 0.257 e. The van der Waals surface area contributed by atoms with E-state index in [-0.39, 0.29) is 5.91 Å². The molecule has 0 heterocycles. The lowest BCUT2D eigenvalue weighted by atomic mass is 10.2. The van der Waals surface area contributed by atoms with Gasteiger partial charge in [0.25, 0.3) is 5.91 Å². The van der Waals surface area contributed by atoms with Crippen LogP contribution in [-0.2, 0) is 0 Å². The zero-order valence-corrected chi connectivity index (χ0v) is 14.6. The van der Waals surface area contributed by atoms with Gasteiger partial charge in [0.05, 0.1) is 0 Å². The molecule has 2 rings (SSSR count). The van der Waals surface area contributed by atoms with Crippen molar-refractivity contribution in [2.24, 2.45) is 4.99 Å². The van der Waals surface area contributed by atoms with Gasteiger partial charge in [0.15, 0.2) is 0 Å². The Bertz CT molecular complexity index is 749. The van der Waals surface area contributed by atoms with E-state index in [2.05, 4.69) is 10.3 Å². The van der Waals surface area contributed by atoms with Crippen LogP contribution in [0, 0.1) is 0 Å². The van der Waals surface area contributed by atoms with Crippen molar-refractivity contribution in [3.05, 3.63) is 83.2 Å². The van der Waals surface area contributed by atoms with Crippen LogP contribution in [-0.4, -0.2) is 30.7 Å². The second-order valence-corrected chi connectivity index (χ2v) is 5.50. The third kappa shape index (κ3) is 4.10. The van der Waals surface area contributed by atoms with Gasteiger partial charge in [0, 0.05) is 36.6 Å². The summed E-state index contributed by atoms with van der Waals surface area (Å²) in [5.41, 5.74) is 3.40. The summed E-state index contributed by atoms with van der Waals surface area (Å²) >= 11 is 0. The minimum Gasteiger partial charge on any atom is -0.342 e. The van der Waals surface area contributed by atoms with Gasteiger partial charge >= 0.3 is 0 Å². The first kappa shape index (κ1) is 17.5. The summed E-state index contributed by atoms with van der Waals surface area (Å²) < 4.78 is 0. The molecule has 4 nitrogen and oxygen atoms in total. The first-order chi connectivity index (χ1) is 11.5. The number of amidine groups is 1. The lowest BCUT2D eigenvalue weighted by Gasteiger charge is -2.21. The number of nitrogens with one attached hydrogen (secondary N) is 1. The summed E-state index contributed by atoms with van der Waals surface area (Å²) in [5.74, 6) is 0.733. The summed E-state index contributed by atoms with van der Waals surface area (Å²) in [6.45, 7) is 3.86. The van der Waals surface area contributed by atoms with E-state index < -0.39 is 0 Å². The Hall–Kier alpha value is -2.88. The van der Waals surface area contributed by atoms with Gasteiger partial charge in [-0.05, 0) is 26.0 Å². The Labute approximate surface area is 143 Å². The molecular weight excluding hydrogens is 298 g/mol. The molecule has 24 heavy (non-hydrogen) atoms. The molecule has 1 N–H and O–H groups in total. The van der Waals surface area contributed by atoms with Crippen molar-refractivity contribution < 1.29 is 4.79 Å². The maximum absolute atomic E-state index is 12.5. The molecule has 0 aliphatic heterocycles. The summed E-state index contributed by atoms with van der Waals surface area (Å²) in [4.78, 5) is 18.5. The standard InChI is InChI=1S/C20H23N3O/c1-15(22-19(21-3)17-11-7-5-8-12-17)16(2)23(4)20(24)18-13-9-6-10-14-18/h5-14H,1-4H3,(H,21,22)/b16-15+. The van der Waals surface area contributed by atoms with Gasteiger partial charge in [-0.2, -0.15) is 0 Å². The monoisotopic (exact) mass is 321 g/mol. The molecular formula is C20H23N3O. The Morgan fingerprint density at radius 2 is 1.42 bits per heavy atom. The van der Waals surface area contributed by atoms with Gasteiger partial charge in [-0.25, -0.2) is 0 Å². The van der Waals surface area contributed by atoms with Crippen molar-refractivity contribution in [1.29, 1.82) is 0 Å². The van der Waals surface area contributed by atoms with Crippen LogP contribution in [0.2, 0.25) is 0 Å². The van der Waals surface area contributed by atoms with Crippen LogP contribution in [0.4, 0.5) is 0 Å². The van der Waals surface area contributed by atoms with Crippen LogP contribution in [0.25, 0.3) is 0 Å². The van der Waals surface area contributed by atoms with Crippen molar-refractivity contribution in [1.82, 2.24) is 10.2 Å². The smallest absolute Gasteiger partial charge is 0.257 e. The number of hydrogen-bond donors (Lipinski definition) is 1. The van der Waals surface area contributed by atoms with E-state index in [1.54, 1.807) is 19.0 Å². The molecule has 2 aromatic rings. The fourth-order valence-corrected chi connectivity index (χ4v) is 2.30. The molecule has 0 aliphatic carbocycles. The van der Waals surface area contributed by atoms with Crippen LogP contribution in [0.1, 0.15) is 29.8 Å². The Morgan fingerprint density at radius 3 is 1.92 bits per heavy atom. The van der Waals surface area contributed by atoms with Gasteiger partial charge in [-0.3, -0.25) is 9.79 Å². The number of allylic oxidation sites excluding steroid dienone is 2. The van der Waals surface area contributed by atoms with Gasteiger partial charge in [0.2, 0.25) is 0 Å². The normalized spacial score (nSPS) is 12.4. The molecule has 1 amide bonds. The largest absolute Gasteiger partial charge is 0.342 e. The number of benzene rings is 2. The third-order valence-corrected chi connectivity index (χ3v) is 3.95. The lowest BCUT2D eigenvalue weighted by molar-refractivity contribution is 0.0835. The number of carbonyl (C=O) groups is 1. The van der Waals surface area contributed by atoms with Crippen LogP contribution in [0.5, 0.6) is 0 Å². The molecule has 0 bridgehead atoms. The average Bonchev–Trinajstić information content (AvgIpc) is 2.65. The SMILES string of the molecule is CN=C(N/C(C)=C(\C)N(C)C(=O)c1ccccc1)c1ccccc1. The molecule has 0 aliphatic rings. The number of amides is 1. The van der Waals surface area contributed by atoms with E-state index >= 15 is 0 Å². The maximum atomic E-state index is 12.5. The minimum atomic E-state index is -0.0380. The van der Waals surface area contributed by atoms with Crippen molar-refractivity contribution in [2.75, 3.05) is 14.1 Å². The lowest BCUT2D eigenvalue weighted by Crippen LogP contribution is -2.30. The van der Waals surface area contributed by atoms with Crippen molar-refractivity contribution in [2.45, 2.75) is 13.8 Å². The second kappa shape index (κ2) is 8.11. The Morgan fingerprint density at radius 1 is 0.917 bits per heavy atom. The average molecular weight is 321 g/mol. The van der Waals surface area contributed by atoms with Crippen LogP contribution < -0.4 is 5.32 Å². The van der Waals surface area contributed by atoms with E-state index in [4.69, 9.17) is 0 Å². The minimum absolute atomic E-state index is 0.0380. The molecule has 0 fully saturated rings. The summed E-state index contributed by atoms with van der Waals surface area (Å²) in [5, 5.41) is 3.31. The number of hydrogen-bond acceptors (Lipinski definition) is 2. The molecule has 0 aromatic heterocycles. The molecule has 0 spiro atoms. The summed E-state index contributed by atoms with van der Waals surface area (Å²) in [6.07, 6.45) is 0. The number of rotatable bonds is 4. The molecule has 124 valence electrons. The van der Waals surface area contributed by atoms with Gasteiger partial charge < -0.3 is 10.2 Å². The molecule has 0 radical (unpaired) electrons. The summed E-state index contributed by atoms with van der Waals surface area (Å²) in [7, 11) is 3.53. The first-order valence-corrected chi connectivity index (χ1v) is 7.84. The predicted octanol–water partition coefficient (Wildman–Crippen LogP) is 3.68. The van der Waals surface area contributed by atoms with Gasteiger partial charge in [-0.1, -0.05) is 48.5 Å². The predicted molar refractivity (Wildman–Crippen MR) is 98.9 cm³/mol. The molecule has 0 unspecified atom stereocenters. The molecule has 4 heteroatoms. The highest BCUT2D eigenvalue weighted by atomic mass is 16.2. The van der Waals surface area contributed by atoms with Crippen molar-refractivity contribution in [3.63, 3.8) is 0 Å². The van der Waals surface area contributed by atoms with Gasteiger partial charge in [0.1, 0.15) is 5.84 Å². The molecule has 0 atom stereocenters. The Balaban J connectivity index is 2.19. The second-order valence-electron chi connectivity index (χ2n) is 5.50. The highest BCUT2D eigenvalue weighted by Crippen LogP contribution is 2.12. The van der Waals surface area contributed by atoms with Crippen LogP contribution in [0.3, 0.4) is 0 Å². The van der Waals surface area contributed by atoms with E-state index in [0.29, 0.717) is 5.56 Å². The van der Waals surface area contributed by atoms with E-state index in [1.165, 1.54) is 0 Å². The quantitative estimate of drug-likeness (QED) is 0.690. The van der Waals surface area contributed by atoms with Crippen LogP contribution in [0.15, 0.2) is 77.1 Å². The van der Waals surface area contributed by atoms with Crippen LogP contribution >= 0.6 is 0 Å². The van der Waals surface area contributed by atoms with E-state index in [9.17, 15) is 4.79 Å². The highest BCUT2D eigenvalue weighted by molar-refractivity contribution is 6.00. The molecule has 0 saturated heterocycles. The fourth-order valence-electron chi connectivity index (χ4n) is 2.30. The van der Waals surface area contributed by atoms with E-state index in [1.807, 2.05) is 74.5 Å². The highest BCUT2D eigenvalue weighted by Gasteiger charge is 2.15. The molecule has 0 saturated carbocycles. The summed E-state index contributed by atoms with van der Waals surface area (Å²) in [6, 6.07) is 19.2.